The lowest BCUT2D eigenvalue weighted by Gasteiger charge is -2.27. The number of carbonyl (C=O) groups excluding carboxylic acids is 1. The van der Waals surface area contributed by atoms with Gasteiger partial charge >= 0.3 is 0 Å². The third kappa shape index (κ3) is 21.4. The topological polar surface area (TPSA) is 110 Å². The Morgan fingerprint density at radius 2 is 1.19 bits per heavy atom. The summed E-state index contributed by atoms with van der Waals surface area (Å²) in [5.74, 6) is -0.603. The number of aliphatic hydroxyl groups excluding tert-OH is 4. The molecule has 0 saturated carbocycles. The first-order valence-electron chi connectivity index (χ1n) is 15.2. The van der Waals surface area contributed by atoms with Gasteiger partial charge < -0.3 is 25.7 Å². The van der Waals surface area contributed by atoms with Crippen molar-refractivity contribution in [1.29, 1.82) is 0 Å². The molecule has 4 unspecified atom stereocenters. The Balaban J connectivity index is 3.96. The van der Waals surface area contributed by atoms with Crippen LogP contribution in [0.5, 0.6) is 0 Å². The Morgan fingerprint density at radius 1 is 0.676 bits per heavy atom. The zero-order chi connectivity index (χ0) is 27.6. The van der Waals surface area contributed by atoms with Gasteiger partial charge in [-0.05, 0) is 44.9 Å². The summed E-state index contributed by atoms with van der Waals surface area (Å²) in [5, 5.41) is 43.0. The maximum atomic E-state index is 12.3. The first kappa shape index (κ1) is 35.8. The highest BCUT2D eigenvalue weighted by Gasteiger charge is 2.28. The largest absolute Gasteiger partial charge is 0.394 e. The van der Waals surface area contributed by atoms with Crippen molar-refractivity contribution in [3.8, 4) is 0 Å². The molecular weight excluding hydrogens is 466 g/mol. The van der Waals surface area contributed by atoms with Gasteiger partial charge in [0.05, 0.1) is 18.8 Å². The summed E-state index contributed by atoms with van der Waals surface area (Å²) in [6.45, 7) is 3.85. The number of allylic oxidation sites excluding steroid dienone is 4. The van der Waals surface area contributed by atoms with E-state index < -0.39 is 36.9 Å². The number of unbranched alkanes of at least 4 members (excludes halogenated alkanes) is 13. The average molecular weight is 526 g/mol. The van der Waals surface area contributed by atoms with Crippen LogP contribution < -0.4 is 5.32 Å². The van der Waals surface area contributed by atoms with Crippen molar-refractivity contribution in [1.82, 2.24) is 5.32 Å². The smallest absolute Gasteiger partial charge is 0.249 e. The third-order valence-corrected chi connectivity index (χ3v) is 6.90. The normalized spacial score (nSPS) is 15.3. The van der Waals surface area contributed by atoms with Crippen LogP contribution in [0.25, 0.3) is 0 Å². The molecule has 0 bridgehead atoms. The number of nitrogens with one attached hydrogen (secondary N) is 1. The molecule has 5 N–H and O–H groups in total. The van der Waals surface area contributed by atoms with Crippen molar-refractivity contribution >= 4 is 5.91 Å². The summed E-state index contributed by atoms with van der Waals surface area (Å²) in [5.41, 5.74) is 0. The van der Waals surface area contributed by atoms with Crippen molar-refractivity contribution in [2.24, 2.45) is 0 Å². The van der Waals surface area contributed by atoms with Gasteiger partial charge in [0.15, 0.2) is 0 Å². The average Bonchev–Trinajstić information content (AvgIpc) is 2.90. The van der Waals surface area contributed by atoms with Gasteiger partial charge in [0.25, 0.3) is 0 Å². The molecule has 6 heteroatoms. The molecule has 6 nitrogen and oxygen atoms in total. The summed E-state index contributed by atoms with van der Waals surface area (Å²) in [6.07, 6.45) is 25.0. The molecule has 37 heavy (non-hydrogen) atoms. The molecule has 4 atom stereocenters. The second kappa shape index (κ2) is 26.4. The van der Waals surface area contributed by atoms with E-state index >= 15 is 0 Å². The fourth-order valence-corrected chi connectivity index (χ4v) is 4.42. The molecule has 0 fully saturated rings. The molecule has 0 rings (SSSR count). The van der Waals surface area contributed by atoms with E-state index in [4.69, 9.17) is 0 Å². The lowest BCUT2D eigenvalue weighted by atomic mass is 10.00. The predicted octanol–water partition coefficient (Wildman–Crippen LogP) is 6.11. The van der Waals surface area contributed by atoms with E-state index in [1.807, 2.05) is 0 Å². The second-order valence-electron chi connectivity index (χ2n) is 10.4. The summed E-state index contributed by atoms with van der Waals surface area (Å²) < 4.78 is 0. The van der Waals surface area contributed by atoms with Crippen LogP contribution in [0.1, 0.15) is 136 Å². The Labute approximate surface area is 227 Å². The van der Waals surface area contributed by atoms with Gasteiger partial charge in [-0.1, -0.05) is 115 Å². The number of carbonyl (C=O) groups is 1. The minimum absolute atomic E-state index is 0.362. The number of aliphatic hydroxyl groups is 4. The highest BCUT2D eigenvalue weighted by atomic mass is 16.3. The minimum atomic E-state index is -1.28. The van der Waals surface area contributed by atoms with E-state index in [2.05, 4.69) is 43.5 Å². The Hall–Kier alpha value is -1.21. The standard InChI is InChI=1S/C31H59NO5/c1-3-5-7-9-11-13-14-15-17-19-21-23-25-29(35)31(37)32-27(26-33)30(36)28(34)24-22-20-18-16-12-10-8-6-4-2/h6,8,16,18,27-30,33-36H,3-5,7,9-15,17,19-26H2,1-2H3,(H,32,37)/b8-6+,18-16+. The highest BCUT2D eigenvalue weighted by Crippen LogP contribution is 2.14. The van der Waals surface area contributed by atoms with Gasteiger partial charge in [-0.25, -0.2) is 0 Å². The number of amides is 1. The van der Waals surface area contributed by atoms with Crippen LogP contribution in [0.15, 0.2) is 24.3 Å². The van der Waals surface area contributed by atoms with Crippen molar-refractivity contribution in [2.75, 3.05) is 6.61 Å². The fourth-order valence-electron chi connectivity index (χ4n) is 4.42. The van der Waals surface area contributed by atoms with Crippen molar-refractivity contribution in [3.63, 3.8) is 0 Å². The van der Waals surface area contributed by atoms with Gasteiger partial charge in [-0.2, -0.15) is 0 Å². The fraction of sp³-hybridized carbons (Fsp3) is 0.839. The molecule has 0 heterocycles. The minimum Gasteiger partial charge on any atom is -0.394 e. The van der Waals surface area contributed by atoms with Crippen molar-refractivity contribution < 1.29 is 25.2 Å². The summed E-state index contributed by atoms with van der Waals surface area (Å²) in [7, 11) is 0. The van der Waals surface area contributed by atoms with E-state index in [9.17, 15) is 25.2 Å². The third-order valence-electron chi connectivity index (χ3n) is 6.90. The molecule has 218 valence electrons. The van der Waals surface area contributed by atoms with Gasteiger partial charge in [-0.15, -0.1) is 0 Å². The Bertz CT molecular complexity index is 566. The SMILES string of the molecule is CC/C=C/CC/C=C/CCCC(O)C(O)C(CO)NC(=O)C(O)CCCCCCCCCCCCCC. The van der Waals surface area contributed by atoms with E-state index in [1.165, 1.54) is 57.8 Å². The molecule has 0 radical (unpaired) electrons. The molecule has 0 aromatic rings. The van der Waals surface area contributed by atoms with E-state index in [-0.39, 0.29) is 0 Å². The molecule has 1 amide bonds. The van der Waals surface area contributed by atoms with E-state index in [0.717, 1.165) is 44.9 Å². The zero-order valence-corrected chi connectivity index (χ0v) is 24.0. The lowest BCUT2D eigenvalue weighted by molar-refractivity contribution is -0.132. The van der Waals surface area contributed by atoms with Gasteiger partial charge in [0.1, 0.15) is 12.2 Å². The number of rotatable bonds is 26. The van der Waals surface area contributed by atoms with Gasteiger partial charge in [0.2, 0.25) is 5.91 Å². The van der Waals surface area contributed by atoms with Crippen molar-refractivity contribution in [2.45, 2.75) is 160 Å². The Kier molecular flexibility index (Phi) is 25.5. The van der Waals surface area contributed by atoms with Crippen LogP contribution in [-0.4, -0.2) is 57.3 Å². The summed E-state index contributed by atoms with van der Waals surface area (Å²) >= 11 is 0. The maximum absolute atomic E-state index is 12.3. The molecular formula is C31H59NO5. The second-order valence-corrected chi connectivity index (χ2v) is 10.4. The monoisotopic (exact) mass is 525 g/mol. The quantitative estimate of drug-likeness (QED) is 0.0691. The first-order chi connectivity index (χ1) is 18.0. The lowest BCUT2D eigenvalue weighted by Crippen LogP contribution is -2.53. The van der Waals surface area contributed by atoms with Crippen LogP contribution in [0.2, 0.25) is 0 Å². The number of hydrogen-bond donors (Lipinski definition) is 5. The molecule has 0 aromatic carbocycles. The van der Waals surface area contributed by atoms with Crippen LogP contribution >= 0.6 is 0 Å². The van der Waals surface area contributed by atoms with Crippen LogP contribution in [0, 0.1) is 0 Å². The van der Waals surface area contributed by atoms with Gasteiger partial charge in [0, 0.05) is 0 Å². The molecule has 0 spiro atoms. The summed E-state index contributed by atoms with van der Waals surface area (Å²) in [6, 6.07) is -1.000. The van der Waals surface area contributed by atoms with Crippen LogP contribution in [0.4, 0.5) is 0 Å². The number of hydrogen-bond acceptors (Lipinski definition) is 5. The van der Waals surface area contributed by atoms with E-state index in [0.29, 0.717) is 19.3 Å². The van der Waals surface area contributed by atoms with Crippen LogP contribution in [0.3, 0.4) is 0 Å². The van der Waals surface area contributed by atoms with E-state index in [1.54, 1.807) is 0 Å². The Morgan fingerprint density at radius 3 is 1.73 bits per heavy atom. The zero-order valence-electron chi connectivity index (χ0n) is 24.0. The molecule has 0 aromatic heterocycles. The predicted molar refractivity (Wildman–Crippen MR) is 154 cm³/mol. The van der Waals surface area contributed by atoms with Crippen molar-refractivity contribution in [3.05, 3.63) is 24.3 Å². The molecule has 0 aliphatic rings. The molecule has 0 saturated heterocycles. The summed E-state index contributed by atoms with van der Waals surface area (Å²) in [4.78, 5) is 12.3. The first-order valence-corrected chi connectivity index (χ1v) is 15.2. The maximum Gasteiger partial charge on any atom is 0.249 e. The molecule has 0 aliphatic carbocycles. The highest BCUT2D eigenvalue weighted by molar-refractivity contribution is 5.80. The molecule has 0 aliphatic heterocycles. The van der Waals surface area contributed by atoms with Gasteiger partial charge in [-0.3, -0.25) is 4.79 Å². The van der Waals surface area contributed by atoms with Crippen LogP contribution in [-0.2, 0) is 4.79 Å².